The summed E-state index contributed by atoms with van der Waals surface area (Å²) >= 11 is 1.25. The molecule has 0 aliphatic carbocycles. The Bertz CT molecular complexity index is 658. The van der Waals surface area contributed by atoms with Gasteiger partial charge in [0.05, 0.1) is 0 Å². The van der Waals surface area contributed by atoms with Crippen LogP contribution in [0.15, 0.2) is 31.0 Å². The van der Waals surface area contributed by atoms with E-state index in [1.165, 1.54) is 18.1 Å². The van der Waals surface area contributed by atoms with E-state index in [0.29, 0.717) is 18.9 Å². The molecule has 0 saturated carbocycles. The number of pyridine rings is 1. The molecule has 8 nitrogen and oxygen atoms in total. The summed E-state index contributed by atoms with van der Waals surface area (Å²) in [4.78, 5) is 32.9. The van der Waals surface area contributed by atoms with E-state index in [4.69, 9.17) is 0 Å². The SMILES string of the molecule is O=C(CN1CCSC1=O)NCc1ccc(-n2cncn2)nc1. The van der Waals surface area contributed by atoms with Crippen LogP contribution in [0.5, 0.6) is 0 Å². The number of aromatic nitrogens is 4. The fraction of sp³-hybridized carbons (Fsp3) is 0.308. The molecule has 22 heavy (non-hydrogen) atoms. The lowest BCUT2D eigenvalue weighted by atomic mass is 10.3. The molecule has 0 spiro atoms. The van der Waals surface area contributed by atoms with Gasteiger partial charge in [0.1, 0.15) is 19.2 Å². The summed E-state index contributed by atoms with van der Waals surface area (Å²) < 4.78 is 1.55. The van der Waals surface area contributed by atoms with Gasteiger partial charge in [-0.3, -0.25) is 9.59 Å². The zero-order valence-corrected chi connectivity index (χ0v) is 12.5. The highest BCUT2D eigenvalue weighted by Crippen LogP contribution is 2.16. The van der Waals surface area contributed by atoms with Crippen molar-refractivity contribution in [2.75, 3.05) is 18.8 Å². The molecule has 0 bridgehead atoms. The van der Waals surface area contributed by atoms with E-state index >= 15 is 0 Å². The smallest absolute Gasteiger partial charge is 0.282 e. The zero-order valence-electron chi connectivity index (χ0n) is 11.7. The monoisotopic (exact) mass is 318 g/mol. The summed E-state index contributed by atoms with van der Waals surface area (Å²) in [5.41, 5.74) is 0.874. The molecule has 3 heterocycles. The number of hydrogen-bond donors (Lipinski definition) is 1. The van der Waals surface area contributed by atoms with Crippen molar-refractivity contribution in [1.82, 2.24) is 30.0 Å². The van der Waals surface area contributed by atoms with Crippen LogP contribution in [0.1, 0.15) is 5.56 Å². The standard InChI is InChI=1S/C13H14N6O2S/c20-12(7-18-3-4-22-13(18)21)16-6-10-1-2-11(15-5-10)19-9-14-8-17-19/h1-2,5,8-9H,3-4,6-7H2,(H,16,20). The molecule has 0 unspecified atom stereocenters. The molecule has 1 saturated heterocycles. The average molecular weight is 318 g/mol. The summed E-state index contributed by atoms with van der Waals surface area (Å²) in [6.45, 7) is 1.11. The predicted octanol–water partition coefficient (Wildman–Crippen LogP) is 0.447. The van der Waals surface area contributed by atoms with Crippen molar-refractivity contribution in [1.29, 1.82) is 0 Å². The van der Waals surface area contributed by atoms with Crippen molar-refractivity contribution < 1.29 is 9.59 Å². The lowest BCUT2D eigenvalue weighted by Gasteiger charge is -2.14. The topological polar surface area (TPSA) is 93.0 Å². The Balaban J connectivity index is 1.51. The number of amides is 2. The van der Waals surface area contributed by atoms with Gasteiger partial charge in [-0.05, 0) is 11.6 Å². The van der Waals surface area contributed by atoms with Crippen molar-refractivity contribution in [2.24, 2.45) is 0 Å². The summed E-state index contributed by atoms with van der Waals surface area (Å²) in [6, 6.07) is 3.66. The molecule has 1 aliphatic rings. The summed E-state index contributed by atoms with van der Waals surface area (Å²) in [5, 5.41) is 6.74. The van der Waals surface area contributed by atoms with Crippen LogP contribution >= 0.6 is 11.8 Å². The normalized spacial score (nSPS) is 14.4. The molecule has 1 fully saturated rings. The van der Waals surface area contributed by atoms with Gasteiger partial charge >= 0.3 is 0 Å². The Labute approximate surface area is 130 Å². The quantitative estimate of drug-likeness (QED) is 0.860. The first kappa shape index (κ1) is 14.5. The van der Waals surface area contributed by atoms with Crippen LogP contribution in [0.25, 0.3) is 5.82 Å². The maximum Gasteiger partial charge on any atom is 0.282 e. The van der Waals surface area contributed by atoms with Gasteiger partial charge in [0.2, 0.25) is 5.91 Å². The van der Waals surface area contributed by atoms with Crippen molar-refractivity contribution >= 4 is 22.9 Å². The molecule has 2 aromatic heterocycles. The van der Waals surface area contributed by atoms with Gasteiger partial charge in [0, 0.05) is 25.0 Å². The second-order valence-electron chi connectivity index (χ2n) is 4.68. The largest absolute Gasteiger partial charge is 0.350 e. The molecule has 9 heteroatoms. The minimum atomic E-state index is -0.170. The highest BCUT2D eigenvalue weighted by Gasteiger charge is 2.22. The maximum atomic E-state index is 11.8. The van der Waals surface area contributed by atoms with Gasteiger partial charge < -0.3 is 10.2 Å². The number of nitrogens with one attached hydrogen (secondary N) is 1. The highest BCUT2D eigenvalue weighted by atomic mass is 32.2. The first-order chi connectivity index (χ1) is 10.7. The van der Waals surface area contributed by atoms with Crippen molar-refractivity contribution in [3.05, 3.63) is 36.5 Å². The molecule has 0 aromatic carbocycles. The van der Waals surface area contributed by atoms with E-state index in [1.807, 2.05) is 6.07 Å². The molecule has 1 N–H and O–H groups in total. The van der Waals surface area contributed by atoms with E-state index in [9.17, 15) is 9.59 Å². The fourth-order valence-electron chi connectivity index (χ4n) is 1.98. The summed E-state index contributed by atoms with van der Waals surface area (Å²) in [7, 11) is 0. The van der Waals surface area contributed by atoms with Crippen LogP contribution in [-0.2, 0) is 11.3 Å². The van der Waals surface area contributed by atoms with E-state index in [0.717, 1.165) is 11.3 Å². The molecule has 3 rings (SSSR count). The van der Waals surface area contributed by atoms with Gasteiger partial charge in [-0.1, -0.05) is 17.8 Å². The first-order valence-corrected chi connectivity index (χ1v) is 7.69. The summed E-state index contributed by atoms with van der Waals surface area (Å²) in [6.07, 6.45) is 4.68. The third-order valence-corrected chi connectivity index (χ3v) is 4.02. The van der Waals surface area contributed by atoms with Crippen molar-refractivity contribution in [3.63, 3.8) is 0 Å². The first-order valence-electron chi connectivity index (χ1n) is 6.71. The Hall–Kier alpha value is -2.42. The molecule has 0 atom stereocenters. The lowest BCUT2D eigenvalue weighted by Crippen LogP contribution is -2.36. The van der Waals surface area contributed by atoms with Crippen LogP contribution in [0, 0.1) is 0 Å². The van der Waals surface area contributed by atoms with Crippen LogP contribution in [0.3, 0.4) is 0 Å². The molecular formula is C13H14N6O2S. The van der Waals surface area contributed by atoms with Crippen molar-refractivity contribution in [3.8, 4) is 5.82 Å². The number of nitrogens with zero attached hydrogens (tertiary/aromatic N) is 5. The van der Waals surface area contributed by atoms with E-state index in [-0.39, 0.29) is 17.7 Å². The van der Waals surface area contributed by atoms with Crippen LogP contribution in [0.4, 0.5) is 4.79 Å². The second kappa shape index (κ2) is 6.56. The van der Waals surface area contributed by atoms with Crippen LogP contribution in [-0.4, -0.2) is 54.6 Å². The van der Waals surface area contributed by atoms with Gasteiger partial charge in [-0.15, -0.1) is 0 Å². The molecule has 0 radical (unpaired) electrons. The number of carbonyl (C=O) groups is 2. The lowest BCUT2D eigenvalue weighted by molar-refractivity contribution is -0.121. The predicted molar refractivity (Wildman–Crippen MR) is 80.4 cm³/mol. The van der Waals surface area contributed by atoms with Gasteiger partial charge in [0.15, 0.2) is 5.82 Å². The Morgan fingerprint density at radius 1 is 1.41 bits per heavy atom. The third-order valence-electron chi connectivity index (χ3n) is 3.13. The number of thioether (sulfide) groups is 1. The minimum Gasteiger partial charge on any atom is -0.350 e. The third kappa shape index (κ3) is 3.42. The molecule has 2 amide bonds. The Kier molecular flexibility index (Phi) is 4.33. The maximum absolute atomic E-state index is 11.8. The van der Waals surface area contributed by atoms with Gasteiger partial charge in [-0.2, -0.15) is 5.10 Å². The highest BCUT2D eigenvalue weighted by molar-refractivity contribution is 8.13. The van der Waals surface area contributed by atoms with Crippen LogP contribution < -0.4 is 5.32 Å². The van der Waals surface area contributed by atoms with Gasteiger partial charge in [-0.25, -0.2) is 14.6 Å². The Morgan fingerprint density at radius 2 is 2.32 bits per heavy atom. The molecule has 1 aliphatic heterocycles. The fourth-order valence-corrected chi connectivity index (χ4v) is 2.81. The van der Waals surface area contributed by atoms with Crippen molar-refractivity contribution in [2.45, 2.75) is 6.54 Å². The Morgan fingerprint density at radius 3 is 2.95 bits per heavy atom. The molecule has 2 aromatic rings. The molecular weight excluding hydrogens is 304 g/mol. The number of carbonyl (C=O) groups excluding carboxylic acids is 2. The average Bonchev–Trinajstić information content (AvgIpc) is 3.18. The van der Waals surface area contributed by atoms with E-state index in [2.05, 4.69) is 20.4 Å². The number of hydrogen-bond acceptors (Lipinski definition) is 6. The van der Waals surface area contributed by atoms with E-state index in [1.54, 1.807) is 28.2 Å². The summed E-state index contributed by atoms with van der Waals surface area (Å²) in [5.74, 6) is 1.24. The zero-order chi connectivity index (χ0) is 15.4. The minimum absolute atomic E-state index is 0.0333. The van der Waals surface area contributed by atoms with Crippen LogP contribution in [0.2, 0.25) is 0 Å². The molecule has 114 valence electrons. The van der Waals surface area contributed by atoms with E-state index < -0.39 is 0 Å². The number of rotatable bonds is 5. The van der Waals surface area contributed by atoms with Gasteiger partial charge in [0.25, 0.3) is 5.24 Å². The second-order valence-corrected chi connectivity index (χ2v) is 5.72.